The molecule has 3 rings (SSSR count). The molecule has 2 aromatic carbocycles. The van der Waals surface area contributed by atoms with Crippen LogP contribution in [0.15, 0.2) is 30.3 Å². The van der Waals surface area contributed by atoms with Crippen molar-refractivity contribution < 1.29 is 23.9 Å². The summed E-state index contributed by atoms with van der Waals surface area (Å²) in [5.74, 6) is -2.77. The third-order valence-electron chi connectivity index (χ3n) is 4.43. The van der Waals surface area contributed by atoms with Crippen LogP contribution < -0.4 is 5.32 Å². The maximum absolute atomic E-state index is 12.6. The van der Waals surface area contributed by atoms with Gasteiger partial charge in [0.2, 0.25) is 0 Å². The van der Waals surface area contributed by atoms with Gasteiger partial charge < -0.3 is 10.1 Å². The molecule has 0 spiro atoms. The number of aryl methyl sites for hydroxylation is 1. The van der Waals surface area contributed by atoms with Crippen molar-refractivity contribution in [3.8, 4) is 0 Å². The maximum Gasteiger partial charge on any atom is 0.329 e. The number of ether oxygens (including phenoxy) is 1. The first kappa shape index (κ1) is 22.1. The Hall–Kier alpha value is -2.61. The van der Waals surface area contributed by atoms with Crippen LogP contribution in [0, 0.1) is 6.92 Å². The van der Waals surface area contributed by atoms with Crippen LogP contribution in [0.2, 0.25) is 15.1 Å². The minimum absolute atomic E-state index is 0.152. The molecule has 2 aromatic rings. The molecule has 1 aliphatic heterocycles. The van der Waals surface area contributed by atoms with E-state index in [4.69, 9.17) is 39.5 Å². The number of esters is 1. The van der Waals surface area contributed by atoms with E-state index in [1.807, 2.05) is 0 Å². The van der Waals surface area contributed by atoms with Gasteiger partial charge in [0.15, 0.2) is 6.61 Å². The molecule has 0 fully saturated rings. The number of carbonyl (C=O) groups is 4. The molecule has 1 N–H and O–H groups in total. The predicted octanol–water partition coefficient (Wildman–Crippen LogP) is 4.12. The number of halogens is 3. The van der Waals surface area contributed by atoms with Crippen LogP contribution in [-0.2, 0) is 14.3 Å². The van der Waals surface area contributed by atoms with Crippen LogP contribution in [0.3, 0.4) is 0 Å². The molecular weight excluding hydrogens is 455 g/mol. The molecule has 0 saturated carbocycles. The number of fused-ring (bicyclic) bond motifs is 1. The number of amides is 3. The van der Waals surface area contributed by atoms with Gasteiger partial charge in [0.25, 0.3) is 17.7 Å². The molecule has 0 radical (unpaired) electrons. The molecule has 30 heavy (non-hydrogen) atoms. The number of nitrogens with zero attached hydrogens (tertiary/aromatic N) is 1. The molecule has 3 amide bonds. The molecular formula is C20H15Cl3N2O5. The minimum Gasteiger partial charge on any atom is -0.454 e. The topological polar surface area (TPSA) is 92.8 Å². The third-order valence-corrected chi connectivity index (χ3v) is 5.47. The SMILES string of the molecule is Cc1ccc2c(c1)C(=O)N(C(C)C(=O)OCC(=O)Nc1cc(Cl)c(Cl)cc1Cl)C2=O. The zero-order chi connectivity index (χ0) is 22.2. The molecule has 0 bridgehead atoms. The minimum atomic E-state index is -1.21. The number of anilines is 1. The van der Waals surface area contributed by atoms with E-state index in [0.29, 0.717) is 0 Å². The van der Waals surface area contributed by atoms with Crippen LogP contribution in [0.5, 0.6) is 0 Å². The lowest BCUT2D eigenvalue weighted by molar-refractivity contribution is -0.150. The standard InChI is InChI=1S/C20H15Cl3N2O5/c1-9-3-4-11-12(5-9)19(28)25(18(11)27)10(2)20(29)30-8-17(26)24-16-7-14(22)13(21)6-15(16)23/h3-7,10H,8H2,1-2H3,(H,24,26). The average molecular weight is 470 g/mol. The van der Waals surface area contributed by atoms with Gasteiger partial charge >= 0.3 is 5.97 Å². The molecule has 0 aliphatic carbocycles. The lowest BCUT2D eigenvalue weighted by Crippen LogP contribution is -2.44. The second kappa shape index (κ2) is 8.63. The van der Waals surface area contributed by atoms with Crippen LogP contribution in [0.1, 0.15) is 33.2 Å². The summed E-state index contributed by atoms with van der Waals surface area (Å²) in [5, 5.41) is 2.99. The van der Waals surface area contributed by atoms with Crippen molar-refractivity contribution in [1.29, 1.82) is 0 Å². The van der Waals surface area contributed by atoms with Crippen molar-refractivity contribution in [2.75, 3.05) is 11.9 Å². The van der Waals surface area contributed by atoms with Gasteiger partial charge in [-0.15, -0.1) is 0 Å². The summed E-state index contributed by atoms with van der Waals surface area (Å²) in [6.45, 7) is 2.49. The van der Waals surface area contributed by atoms with Crippen molar-refractivity contribution in [1.82, 2.24) is 4.90 Å². The molecule has 156 valence electrons. The summed E-state index contributed by atoms with van der Waals surface area (Å²) in [5.41, 5.74) is 1.45. The smallest absolute Gasteiger partial charge is 0.329 e. The van der Waals surface area contributed by atoms with Crippen LogP contribution in [0.25, 0.3) is 0 Å². The summed E-state index contributed by atoms with van der Waals surface area (Å²) in [6, 6.07) is 6.34. The summed E-state index contributed by atoms with van der Waals surface area (Å²) in [7, 11) is 0. The van der Waals surface area contributed by atoms with Gasteiger partial charge in [-0.1, -0.05) is 46.4 Å². The van der Waals surface area contributed by atoms with Crippen molar-refractivity contribution in [2.24, 2.45) is 0 Å². The molecule has 0 saturated heterocycles. The number of hydrogen-bond acceptors (Lipinski definition) is 5. The molecule has 0 aromatic heterocycles. The second-order valence-electron chi connectivity index (χ2n) is 6.61. The average Bonchev–Trinajstić information content (AvgIpc) is 2.93. The van der Waals surface area contributed by atoms with Gasteiger partial charge in [-0.3, -0.25) is 19.3 Å². The summed E-state index contributed by atoms with van der Waals surface area (Å²) >= 11 is 17.7. The lowest BCUT2D eigenvalue weighted by Gasteiger charge is -2.20. The van der Waals surface area contributed by atoms with E-state index in [-0.39, 0.29) is 31.9 Å². The number of rotatable bonds is 5. The second-order valence-corrected chi connectivity index (χ2v) is 7.83. The van der Waals surface area contributed by atoms with Crippen molar-refractivity contribution in [3.05, 3.63) is 62.1 Å². The Labute approximate surface area is 186 Å². The number of hydrogen-bond donors (Lipinski definition) is 1. The zero-order valence-electron chi connectivity index (χ0n) is 15.8. The predicted molar refractivity (Wildman–Crippen MR) is 112 cm³/mol. The van der Waals surface area contributed by atoms with Crippen LogP contribution >= 0.6 is 34.8 Å². The fourth-order valence-electron chi connectivity index (χ4n) is 2.89. The maximum atomic E-state index is 12.6. The highest BCUT2D eigenvalue weighted by Gasteiger charge is 2.41. The van der Waals surface area contributed by atoms with E-state index in [9.17, 15) is 19.2 Å². The van der Waals surface area contributed by atoms with Gasteiger partial charge in [-0.05, 0) is 38.1 Å². The summed E-state index contributed by atoms with van der Waals surface area (Å²) < 4.78 is 4.96. The van der Waals surface area contributed by atoms with Gasteiger partial charge in [0.1, 0.15) is 6.04 Å². The Morgan fingerprint density at radius 3 is 2.33 bits per heavy atom. The Morgan fingerprint density at radius 2 is 1.63 bits per heavy atom. The van der Waals surface area contributed by atoms with Gasteiger partial charge in [0.05, 0.1) is 31.9 Å². The highest BCUT2D eigenvalue weighted by molar-refractivity contribution is 6.44. The molecule has 1 unspecified atom stereocenters. The van der Waals surface area contributed by atoms with E-state index in [2.05, 4.69) is 5.32 Å². The van der Waals surface area contributed by atoms with E-state index in [1.165, 1.54) is 25.1 Å². The quantitative estimate of drug-likeness (QED) is 0.404. The van der Waals surface area contributed by atoms with Crippen molar-refractivity contribution in [2.45, 2.75) is 19.9 Å². The first-order chi connectivity index (χ1) is 14.1. The largest absolute Gasteiger partial charge is 0.454 e. The molecule has 1 atom stereocenters. The normalized spacial score (nSPS) is 13.8. The fraction of sp³-hybridized carbons (Fsp3) is 0.200. The Morgan fingerprint density at radius 1 is 1.00 bits per heavy atom. The van der Waals surface area contributed by atoms with Crippen molar-refractivity contribution >= 4 is 64.2 Å². The fourth-order valence-corrected chi connectivity index (χ4v) is 3.49. The highest BCUT2D eigenvalue weighted by Crippen LogP contribution is 2.32. The van der Waals surface area contributed by atoms with Gasteiger partial charge in [-0.2, -0.15) is 0 Å². The Kier molecular flexibility index (Phi) is 6.36. The van der Waals surface area contributed by atoms with Gasteiger partial charge in [0, 0.05) is 0 Å². The molecule has 1 heterocycles. The zero-order valence-corrected chi connectivity index (χ0v) is 18.1. The van der Waals surface area contributed by atoms with Crippen LogP contribution in [0.4, 0.5) is 5.69 Å². The first-order valence-electron chi connectivity index (χ1n) is 8.69. The van der Waals surface area contributed by atoms with Crippen LogP contribution in [-0.4, -0.2) is 41.2 Å². The molecule has 7 nitrogen and oxygen atoms in total. The highest BCUT2D eigenvalue weighted by atomic mass is 35.5. The van der Waals surface area contributed by atoms with Gasteiger partial charge in [-0.25, -0.2) is 4.79 Å². The van der Waals surface area contributed by atoms with E-state index < -0.39 is 36.3 Å². The summed E-state index contributed by atoms with van der Waals surface area (Å²) in [6.07, 6.45) is 0. The third kappa shape index (κ3) is 4.28. The summed E-state index contributed by atoms with van der Waals surface area (Å²) in [4.78, 5) is 50.3. The Balaban J connectivity index is 1.63. The Bertz CT molecular complexity index is 1090. The number of nitrogens with one attached hydrogen (secondary N) is 1. The number of imide groups is 1. The number of carbonyl (C=O) groups excluding carboxylic acids is 4. The first-order valence-corrected chi connectivity index (χ1v) is 9.83. The molecule has 10 heteroatoms. The van der Waals surface area contributed by atoms with Crippen molar-refractivity contribution in [3.63, 3.8) is 0 Å². The van der Waals surface area contributed by atoms with E-state index in [1.54, 1.807) is 19.1 Å². The molecule has 1 aliphatic rings. The monoisotopic (exact) mass is 468 g/mol. The van der Waals surface area contributed by atoms with E-state index in [0.717, 1.165) is 10.5 Å². The number of benzene rings is 2. The van der Waals surface area contributed by atoms with E-state index >= 15 is 0 Å². The lowest BCUT2D eigenvalue weighted by atomic mass is 10.1.